The molecule has 4 rings (SSSR count). The van der Waals surface area contributed by atoms with E-state index >= 15 is 0 Å². The second-order valence-corrected chi connectivity index (χ2v) is 6.63. The van der Waals surface area contributed by atoms with Crippen molar-refractivity contribution >= 4 is 17.1 Å². The first-order valence-corrected chi connectivity index (χ1v) is 9.16. The smallest absolute Gasteiger partial charge is 0.251 e. The largest absolute Gasteiger partial charge is 0.352 e. The summed E-state index contributed by atoms with van der Waals surface area (Å²) in [5, 5.41) is 3.04. The first-order chi connectivity index (χ1) is 12.8. The van der Waals surface area contributed by atoms with Crippen molar-refractivity contribution in [1.29, 1.82) is 0 Å². The maximum absolute atomic E-state index is 12.5. The van der Waals surface area contributed by atoms with Crippen LogP contribution in [0.1, 0.15) is 42.5 Å². The SMILES string of the molecule is O=C(NCCC1=CCCCC1)c1cccc(-n2cnc3cccnc32)c1. The summed E-state index contributed by atoms with van der Waals surface area (Å²) in [5.41, 5.74) is 4.63. The second-order valence-electron chi connectivity index (χ2n) is 6.63. The van der Waals surface area contributed by atoms with Crippen molar-refractivity contribution < 1.29 is 4.79 Å². The summed E-state index contributed by atoms with van der Waals surface area (Å²) in [6.45, 7) is 0.685. The molecule has 5 nitrogen and oxygen atoms in total. The van der Waals surface area contributed by atoms with Crippen molar-refractivity contribution in [3.05, 3.63) is 66.1 Å². The summed E-state index contributed by atoms with van der Waals surface area (Å²) < 4.78 is 1.90. The molecular weight excluding hydrogens is 324 g/mol. The van der Waals surface area contributed by atoms with Crippen LogP contribution in [0.25, 0.3) is 16.9 Å². The molecule has 0 fully saturated rings. The van der Waals surface area contributed by atoms with E-state index in [9.17, 15) is 4.79 Å². The molecule has 5 heteroatoms. The van der Waals surface area contributed by atoms with Crippen LogP contribution < -0.4 is 5.32 Å². The van der Waals surface area contributed by atoms with Gasteiger partial charge >= 0.3 is 0 Å². The van der Waals surface area contributed by atoms with Crippen molar-refractivity contribution in [1.82, 2.24) is 19.9 Å². The van der Waals surface area contributed by atoms with Gasteiger partial charge in [0.25, 0.3) is 5.91 Å². The van der Waals surface area contributed by atoms with E-state index in [1.165, 1.54) is 31.3 Å². The Morgan fingerprint density at radius 3 is 3.00 bits per heavy atom. The molecule has 0 saturated heterocycles. The zero-order valence-corrected chi connectivity index (χ0v) is 14.7. The molecule has 0 atom stereocenters. The van der Waals surface area contributed by atoms with E-state index < -0.39 is 0 Å². The molecule has 26 heavy (non-hydrogen) atoms. The number of imidazole rings is 1. The summed E-state index contributed by atoms with van der Waals surface area (Å²) in [7, 11) is 0. The second kappa shape index (κ2) is 7.52. The Hall–Kier alpha value is -2.95. The molecule has 3 aromatic rings. The molecule has 0 bridgehead atoms. The minimum atomic E-state index is -0.0411. The van der Waals surface area contributed by atoms with Gasteiger partial charge in [-0.1, -0.05) is 17.7 Å². The molecule has 2 aromatic heterocycles. The highest BCUT2D eigenvalue weighted by molar-refractivity contribution is 5.94. The van der Waals surface area contributed by atoms with E-state index in [0.717, 1.165) is 23.3 Å². The third-order valence-electron chi connectivity index (χ3n) is 4.81. The molecule has 2 heterocycles. The Balaban J connectivity index is 1.47. The van der Waals surface area contributed by atoms with Crippen LogP contribution >= 0.6 is 0 Å². The van der Waals surface area contributed by atoms with Crippen LogP contribution in [0.2, 0.25) is 0 Å². The Morgan fingerprint density at radius 1 is 1.15 bits per heavy atom. The Bertz CT molecular complexity index is 957. The lowest BCUT2D eigenvalue weighted by molar-refractivity contribution is 0.0954. The first kappa shape index (κ1) is 16.5. The van der Waals surface area contributed by atoms with Gasteiger partial charge in [0.2, 0.25) is 0 Å². The lowest BCUT2D eigenvalue weighted by Gasteiger charge is -2.13. The van der Waals surface area contributed by atoms with Gasteiger partial charge in [-0.2, -0.15) is 0 Å². The number of hydrogen-bond donors (Lipinski definition) is 1. The first-order valence-electron chi connectivity index (χ1n) is 9.16. The average molecular weight is 346 g/mol. The van der Waals surface area contributed by atoms with Gasteiger partial charge in [0.1, 0.15) is 11.8 Å². The lowest BCUT2D eigenvalue weighted by Crippen LogP contribution is -2.25. The van der Waals surface area contributed by atoms with Crippen LogP contribution in [0.5, 0.6) is 0 Å². The molecule has 1 aliphatic carbocycles. The number of aromatic nitrogens is 3. The van der Waals surface area contributed by atoms with Crippen LogP contribution in [0.4, 0.5) is 0 Å². The molecule has 132 valence electrons. The number of fused-ring (bicyclic) bond motifs is 1. The number of rotatable bonds is 5. The summed E-state index contributed by atoms with van der Waals surface area (Å²) in [5.74, 6) is -0.0411. The fourth-order valence-electron chi connectivity index (χ4n) is 3.41. The number of nitrogens with zero attached hydrogens (tertiary/aromatic N) is 3. The van der Waals surface area contributed by atoms with E-state index in [2.05, 4.69) is 21.4 Å². The van der Waals surface area contributed by atoms with Gasteiger partial charge in [0, 0.05) is 24.0 Å². The summed E-state index contributed by atoms with van der Waals surface area (Å²) in [6.07, 6.45) is 11.7. The summed E-state index contributed by atoms with van der Waals surface area (Å²) in [4.78, 5) is 21.3. The van der Waals surface area contributed by atoms with Crippen LogP contribution in [-0.2, 0) is 0 Å². The van der Waals surface area contributed by atoms with Crippen LogP contribution in [0.15, 0.2) is 60.6 Å². The molecule has 0 aliphatic heterocycles. The Morgan fingerprint density at radius 2 is 2.12 bits per heavy atom. The minimum absolute atomic E-state index is 0.0411. The number of benzene rings is 1. The van der Waals surface area contributed by atoms with E-state index in [-0.39, 0.29) is 5.91 Å². The van der Waals surface area contributed by atoms with Gasteiger partial charge in [-0.05, 0) is 62.4 Å². The number of carbonyl (C=O) groups excluding carboxylic acids is 1. The lowest BCUT2D eigenvalue weighted by atomic mass is 9.97. The third-order valence-corrected chi connectivity index (χ3v) is 4.81. The molecule has 1 aromatic carbocycles. The maximum atomic E-state index is 12.5. The van der Waals surface area contributed by atoms with Gasteiger partial charge in [0.05, 0.1) is 0 Å². The molecular formula is C21H22N4O. The monoisotopic (exact) mass is 346 g/mol. The highest BCUT2D eigenvalue weighted by Gasteiger charge is 2.10. The number of hydrogen-bond acceptors (Lipinski definition) is 3. The van der Waals surface area contributed by atoms with E-state index in [1.807, 2.05) is 41.0 Å². The van der Waals surface area contributed by atoms with Gasteiger partial charge in [-0.3, -0.25) is 9.36 Å². The number of amides is 1. The van der Waals surface area contributed by atoms with Crippen molar-refractivity contribution in [2.45, 2.75) is 32.1 Å². The predicted octanol–water partition coefficient (Wildman–Crippen LogP) is 4.04. The number of pyridine rings is 1. The number of allylic oxidation sites excluding steroid dienone is 1. The highest BCUT2D eigenvalue weighted by Crippen LogP contribution is 2.20. The average Bonchev–Trinajstić information content (AvgIpc) is 3.13. The molecule has 1 aliphatic rings. The van der Waals surface area contributed by atoms with Crippen molar-refractivity contribution in [2.24, 2.45) is 0 Å². The van der Waals surface area contributed by atoms with Crippen molar-refractivity contribution in [3.63, 3.8) is 0 Å². The minimum Gasteiger partial charge on any atom is -0.352 e. The summed E-state index contributed by atoms with van der Waals surface area (Å²) in [6, 6.07) is 11.4. The number of nitrogens with one attached hydrogen (secondary N) is 1. The van der Waals surface area contributed by atoms with Gasteiger partial charge in [-0.25, -0.2) is 9.97 Å². The molecule has 1 amide bonds. The fourth-order valence-corrected chi connectivity index (χ4v) is 3.41. The maximum Gasteiger partial charge on any atom is 0.251 e. The zero-order valence-electron chi connectivity index (χ0n) is 14.7. The molecule has 0 spiro atoms. The Kier molecular flexibility index (Phi) is 4.78. The summed E-state index contributed by atoms with van der Waals surface area (Å²) >= 11 is 0. The highest BCUT2D eigenvalue weighted by atomic mass is 16.1. The van der Waals surface area contributed by atoms with E-state index in [0.29, 0.717) is 12.1 Å². The van der Waals surface area contributed by atoms with Gasteiger partial charge in [-0.15, -0.1) is 0 Å². The van der Waals surface area contributed by atoms with Crippen molar-refractivity contribution in [2.75, 3.05) is 6.54 Å². The molecule has 0 radical (unpaired) electrons. The topological polar surface area (TPSA) is 59.8 Å². The normalized spacial score (nSPS) is 14.2. The number of carbonyl (C=O) groups is 1. The van der Waals surface area contributed by atoms with Crippen LogP contribution in [0.3, 0.4) is 0 Å². The third kappa shape index (κ3) is 3.52. The van der Waals surface area contributed by atoms with Crippen molar-refractivity contribution in [3.8, 4) is 5.69 Å². The van der Waals surface area contributed by atoms with Gasteiger partial charge in [0.15, 0.2) is 5.65 Å². The Labute approximate surface area is 152 Å². The fraction of sp³-hybridized carbons (Fsp3) is 0.286. The zero-order chi connectivity index (χ0) is 17.8. The quantitative estimate of drug-likeness (QED) is 0.709. The van der Waals surface area contributed by atoms with E-state index in [1.54, 1.807) is 12.5 Å². The molecule has 0 saturated carbocycles. The standard InChI is InChI=1S/C21H22N4O/c26-21(23-13-11-16-6-2-1-3-7-16)17-8-4-9-18(14-17)25-15-24-19-10-5-12-22-20(19)25/h4-6,8-10,12,14-15H,1-3,7,11,13H2,(H,23,26). The predicted molar refractivity (Wildman–Crippen MR) is 102 cm³/mol. The van der Waals surface area contributed by atoms with Crippen LogP contribution in [-0.4, -0.2) is 27.0 Å². The van der Waals surface area contributed by atoms with Gasteiger partial charge < -0.3 is 5.32 Å². The van der Waals surface area contributed by atoms with E-state index in [4.69, 9.17) is 0 Å². The molecule has 0 unspecified atom stereocenters. The van der Waals surface area contributed by atoms with Crippen LogP contribution in [0, 0.1) is 0 Å². The molecule has 1 N–H and O–H groups in total.